The van der Waals surface area contributed by atoms with Gasteiger partial charge in [0.05, 0.1) is 5.56 Å². The number of nitrogens with two attached hydrogens (primary N) is 1. The first-order valence-electron chi connectivity index (χ1n) is 8.96. The summed E-state index contributed by atoms with van der Waals surface area (Å²) in [5.74, 6) is 2.60. The number of rotatable bonds is 4. The van der Waals surface area contributed by atoms with Crippen LogP contribution >= 0.6 is 0 Å². The van der Waals surface area contributed by atoms with Crippen molar-refractivity contribution in [1.82, 2.24) is 19.5 Å². The summed E-state index contributed by atoms with van der Waals surface area (Å²) in [5.41, 5.74) is 8.93. The number of halogens is 1. The zero-order chi connectivity index (χ0) is 18.8. The molecule has 1 fully saturated rings. The maximum absolute atomic E-state index is 13.6. The van der Waals surface area contributed by atoms with Crippen molar-refractivity contribution in [3.63, 3.8) is 0 Å². The monoisotopic (exact) mass is 364 g/mol. The van der Waals surface area contributed by atoms with Crippen molar-refractivity contribution < 1.29 is 4.39 Å². The van der Waals surface area contributed by atoms with Crippen molar-refractivity contribution in [3.05, 3.63) is 53.7 Å². The molecule has 1 aromatic carbocycles. The van der Waals surface area contributed by atoms with Gasteiger partial charge in [-0.1, -0.05) is 5.92 Å². The van der Waals surface area contributed by atoms with E-state index in [-0.39, 0.29) is 5.56 Å². The van der Waals surface area contributed by atoms with Gasteiger partial charge in [0, 0.05) is 24.5 Å². The first-order chi connectivity index (χ1) is 13.1. The van der Waals surface area contributed by atoms with E-state index in [2.05, 4.69) is 32.3 Å². The lowest BCUT2D eigenvalue weighted by molar-refractivity contribution is 0.206. The van der Waals surface area contributed by atoms with E-state index in [4.69, 9.17) is 12.2 Å². The number of hydrogen-bond acceptors (Lipinski definition) is 5. The Labute approximate surface area is 157 Å². The molecule has 4 rings (SSSR count). The fourth-order valence-electron chi connectivity index (χ4n) is 3.44. The van der Waals surface area contributed by atoms with Crippen LogP contribution in [0.3, 0.4) is 0 Å². The molecular formula is C20H21FN6. The maximum Gasteiger partial charge on any atom is 0.158 e. The van der Waals surface area contributed by atoms with E-state index in [1.54, 1.807) is 16.6 Å². The summed E-state index contributed by atoms with van der Waals surface area (Å²) in [4.78, 5) is 6.78. The molecule has 2 aromatic heterocycles. The highest BCUT2D eigenvalue weighted by Gasteiger charge is 2.19. The maximum atomic E-state index is 13.6. The molecule has 3 heterocycles. The van der Waals surface area contributed by atoms with Crippen LogP contribution in [0.25, 0.3) is 5.52 Å². The molecule has 0 saturated carbocycles. The van der Waals surface area contributed by atoms with Crippen LogP contribution < -0.4 is 11.1 Å². The number of aromatic nitrogens is 3. The zero-order valence-electron chi connectivity index (χ0n) is 14.9. The number of nitrogens with zero attached hydrogens (tertiary/aromatic N) is 4. The molecule has 1 aliphatic heterocycles. The minimum atomic E-state index is -0.414. The van der Waals surface area contributed by atoms with Gasteiger partial charge in [-0.15, -0.1) is 6.42 Å². The number of anilines is 2. The van der Waals surface area contributed by atoms with Crippen LogP contribution in [-0.4, -0.2) is 38.6 Å². The highest BCUT2D eigenvalue weighted by molar-refractivity contribution is 5.76. The number of hydrogen-bond donors (Lipinski definition) is 2. The highest BCUT2D eigenvalue weighted by Crippen LogP contribution is 2.25. The molecule has 0 radical (unpaired) electrons. The summed E-state index contributed by atoms with van der Waals surface area (Å²) in [6, 6.07) is 6.95. The number of fused-ring (bicyclic) bond motifs is 1. The molecule has 0 atom stereocenters. The van der Waals surface area contributed by atoms with Crippen LogP contribution in [0, 0.1) is 18.2 Å². The average Bonchev–Trinajstić information content (AvgIpc) is 3.09. The predicted octanol–water partition coefficient (Wildman–Crippen LogP) is 2.52. The normalized spacial score (nSPS) is 15.7. The number of piperidine rings is 1. The van der Waals surface area contributed by atoms with Gasteiger partial charge in [0.1, 0.15) is 17.7 Å². The Morgan fingerprint density at radius 3 is 2.89 bits per heavy atom. The standard InChI is InChI=1S/C20H21FN6/c1-2-14-11-17(3-4-18(14)21)25-20-19-15(5-10-27(19)24-13-23-20)12-26-8-6-16(22)7-9-26/h1,3-5,10-11,13,16H,6-9,12,22H2,(H,23,24,25). The summed E-state index contributed by atoms with van der Waals surface area (Å²) in [5, 5.41) is 7.54. The van der Waals surface area contributed by atoms with Crippen molar-refractivity contribution in [2.75, 3.05) is 18.4 Å². The molecule has 138 valence electrons. The predicted molar refractivity (Wildman–Crippen MR) is 103 cm³/mol. The molecule has 7 heteroatoms. The van der Waals surface area contributed by atoms with Gasteiger partial charge in [-0.2, -0.15) is 5.10 Å². The zero-order valence-corrected chi connectivity index (χ0v) is 14.9. The first kappa shape index (κ1) is 17.5. The van der Waals surface area contributed by atoms with Crippen molar-refractivity contribution in [2.45, 2.75) is 25.4 Å². The lowest BCUT2D eigenvalue weighted by atomic mass is 10.1. The molecule has 0 bridgehead atoms. The molecule has 6 nitrogen and oxygen atoms in total. The third-order valence-electron chi connectivity index (χ3n) is 4.95. The van der Waals surface area contributed by atoms with Gasteiger partial charge in [0.25, 0.3) is 0 Å². The third-order valence-corrected chi connectivity index (χ3v) is 4.95. The van der Waals surface area contributed by atoms with E-state index in [0.717, 1.165) is 43.6 Å². The average molecular weight is 364 g/mol. The highest BCUT2D eigenvalue weighted by atomic mass is 19.1. The van der Waals surface area contributed by atoms with Crippen LogP contribution in [0.15, 0.2) is 36.8 Å². The van der Waals surface area contributed by atoms with E-state index >= 15 is 0 Å². The van der Waals surface area contributed by atoms with Gasteiger partial charge in [-0.25, -0.2) is 13.9 Å². The topological polar surface area (TPSA) is 71.5 Å². The molecule has 0 unspecified atom stereocenters. The van der Waals surface area contributed by atoms with Crippen LogP contribution in [0.5, 0.6) is 0 Å². The van der Waals surface area contributed by atoms with Crippen LogP contribution in [0.2, 0.25) is 0 Å². The Bertz CT molecular complexity index is 997. The fourth-order valence-corrected chi connectivity index (χ4v) is 3.44. The van der Waals surface area contributed by atoms with Gasteiger partial charge >= 0.3 is 0 Å². The summed E-state index contributed by atoms with van der Waals surface area (Å²) in [7, 11) is 0. The molecule has 1 saturated heterocycles. The molecule has 1 aliphatic rings. The van der Waals surface area contributed by atoms with Crippen molar-refractivity contribution in [3.8, 4) is 12.3 Å². The second-order valence-electron chi connectivity index (χ2n) is 6.82. The fraction of sp³-hybridized carbons (Fsp3) is 0.300. The minimum absolute atomic E-state index is 0.213. The Hall–Kier alpha value is -2.95. The van der Waals surface area contributed by atoms with Crippen molar-refractivity contribution in [2.24, 2.45) is 5.73 Å². The molecule has 27 heavy (non-hydrogen) atoms. The van der Waals surface area contributed by atoms with Gasteiger partial charge in [0.15, 0.2) is 5.82 Å². The second kappa shape index (κ2) is 7.35. The molecule has 3 N–H and O–H groups in total. The lowest BCUT2D eigenvalue weighted by Gasteiger charge is -2.29. The second-order valence-corrected chi connectivity index (χ2v) is 6.82. The molecule has 0 aliphatic carbocycles. The van der Waals surface area contributed by atoms with Crippen LogP contribution in [0.1, 0.15) is 24.0 Å². The van der Waals surface area contributed by atoms with E-state index in [0.29, 0.717) is 17.5 Å². The van der Waals surface area contributed by atoms with Gasteiger partial charge < -0.3 is 11.1 Å². The van der Waals surface area contributed by atoms with Crippen molar-refractivity contribution in [1.29, 1.82) is 0 Å². The number of nitrogens with one attached hydrogen (secondary N) is 1. The van der Waals surface area contributed by atoms with E-state index in [1.807, 2.05) is 6.20 Å². The Balaban J connectivity index is 1.63. The lowest BCUT2D eigenvalue weighted by Crippen LogP contribution is -2.39. The summed E-state index contributed by atoms with van der Waals surface area (Å²) in [6.45, 7) is 2.78. The number of benzene rings is 1. The quantitative estimate of drug-likeness (QED) is 0.696. The van der Waals surface area contributed by atoms with E-state index < -0.39 is 5.82 Å². The summed E-state index contributed by atoms with van der Waals surface area (Å²) in [6.07, 6.45) is 10.8. The Morgan fingerprint density at radius 2 is 2.11 bits per heavy atom. The number of likely N-dealkylation sites (tertiary alicyclic amines) is 1. The summed E-state index contributed by atoms with van der Waals surface area (Å²) < 4.78 is 15.4. The largest absolute Gasteiger partial charge is 0.338 e. The van der Waals surface area contributed by atoms with Crippen LogP contribution in [-0.2, 0) is 6.54 Å². The van der Waals surface area contributed by atoms with Gasteiger partial charge in [0.2, 0.25) is 0 Å². The van der Waals surface area contributed by atoms with Gasteiger partial charge in [-0.3, -0.25) is 4.90 Å². The molecular weight excluding hydrogens is 343 g/mol. The first-order valence-corrected chi connectivity index (χ1v) is 8.96. The number of terminal acetylenes is 1. The Morgan fingerprint density at radius 1 is 1.30 bits per heavy atom. The molecule has 0 amide bonds. The smallest absolute Gasteiger partial charge is 0.158 e. The van der Waals surface area contributed by atoms with E-state index in [9.17, 15) is 4.39 Å². The van der Waals surface area contributed by atoms with Gasteiger partial charge in [-0.05, 0) is 55.8 Å². The van der Waals surface area contributed by atoms with E-state index in [1.165, 1.54) is 12.4 Å². The summed E-state index contributed by atoms with van der Waals surface area (Å²) >= 11 is 0. The molecule has 0 spiro atoms. The molecule has 3 aromatic rings. The Kier molecular flexibility index (Phi) is 4.75. The third kappa shape index (κ3) is 3.63. The SMILES string of the molecule is C#Cc1cc(Nc2ncnn3ccc(CN4CCC(N)CC4)c23)ccc1F. The van der Waals surface area contributed by atoms with Crippen LogP contribution in [0.4, 0.5) is 15.9 Å². The minimum Gasteiger partial charge on any atom is -0.338 e. The van der Waals surface area contributed by atoms with Crippen molar-refractivity contribution >= 4 is 17.0 Å².